The summed E-state index contributed by atoms with van der Waals surface area (Å²) < 4.78 is 18.3. The van der Waals surface area contributed by atoms with Gasteiger partial charge in [-0.1, -0.05) is 6.07 Å². The second-order valence-electron chi connectivity index (χ2n) is 7.76. The van der Waals surface area contributed by atoms with Gasteiger partial charge in [0.05, 0.1) is 29.5 Å². The molecule has 0 spiro atoms. The molecule has 6 rings (SSSR count). The second kappa shape index (κ2) is 7.69. The van der Waals surface area contributed by atoms with Crippen LogP contribution in [-0.2, 0) is 6.54 Å². The number of hydrogen-bond acceptors (Lipinski definition) is 8. The lowest BCUT2D eigenvalue weighted by Crippen LogP contribution is -2.23. The average molecular weight is 457 g/mol. The van der Waals surface area contributed by atoms with Gasteiger partial charge in [0.2, 0.25) is 0 Å². The van der Waals surface area contributed by atoms with Crippen LogP contribution in [-0.4, -0.2) is 38.8 Å². The summed E-state index contributed by atoms with van der Waals surface area (Å²) in [4.78, 5) is 22.8. The first kappa shape index (κ1) is 19.9. The quantitative estimate of drug-likeness (QED) is 0.374. The fraction of sp³-hybridized carbons (Fsp3) is 0.125. The number of rotatable bonds is 4. The van der Waals surface area contributed by atoms with Crippen LogP contribution in [0.1, 0.15) is 16.1 Å². The monoisotopic (exact) mass is 457 g/mol. The van der Waals surface area contributed by atoms with Gasteiger partial charge in [-0.2, -0.15) is 0 Å². The Morgan fingerprint density at radius 1 is 1.06 bits per heavy atom. The topological polar surface area (TPSA) is 138 Å². The SMILES string of the molecule is Nc1c(C(=O)NCc2ccco2)c2nc3cc4c(cc3nc2n1-c1cccc(O)c1)OCCO4. The van der Waals surface area contributed by atoms with E-state index in [-0.39, 0.29) is 23.7 Å². The number of anilines is 1. The van der Waals surface area contributed by atoms with Gasteiger partial charge in [-0.3, -0.25) is 9.36 Å². The van der Waals surface area contributed by atoms with Gasteiger partial charge in [0.25, 0.3) is 5.91 Å². The molecule has 0 aliphatic carbocycles. The van der Waals surface area contributed by atoms with Crippen LogP contribution < -0.4 is 20.5 Å². The maximum absolute atomic E-state index is 13.2. The molecule has 0 atom stereocenters. The van der Waals surface area contributed by atoms with Crippen molar-refractivity contribution < 1.29 is 23.8 Å². The summed E-state index contributed by atoms with van der Waals surface area (Å²) in [6, 6.07) is 13.5. The highest BCUT2D eigenvalue weighted by Gasteiger charge is 2.26. The molecule has 10 heteroatoms. The molecule has 4 heterocycles. The Morgan fingerprint density at radius 3 is 2.53 bits per heavy atom. The van der Waals surface area contributed by atoms with Gasteiger partial charge in [-0.25, -0.2) is 9.97 Å². The van der Waals surface area contributed by atoms with Crippen molar-refractivity contribution in [3.05, 3.63) is 66.1 Å². The smallest absolute Gasteiger partial charge is 0.257 e. The molecule has 1 aliphatic rings. The van der Waals surface area contributed by atoms with Gasteiger partial charge in [0.15, 0.2) is 17.1 Å². The Morgan fingerprint density at radius 2 is 1.82 bits per heavy atom. The number of carbonyl (C=O) groups is 1. The molecular formula is C24H19N5O5. The standard InChI is InChI=1S/C24H19N5O5/c25-22-20(24(31)26-12-15-5-2-6-32-15)21-23(29(22)13-3-1-4-14(30)9-13)28-17-11-19-18(10-16(17)27-21)33-7-8-34-19/h1-6,9-11,30H,7-8,12,25H2,(H,26,31). The fourth-order valence-electron chi connectivity index (χ4n) is 4.04. The van der Waals surface area contributed by atoms with E-state index in [0.29, 0.717) is 58.4 Å². The first-order valence-corrected chi connectivity index (χ1v) is 10.6. The summed E-state index contributed by atoms with van der Waals surface area (Å²) in [5.41, 5.74) is 8.99. The van der Waals surface area contributed by atoms with Gasteiger partial charge < -0.3 is 30.0 Å². The number of nitrogen functional groups attached to an aromatic ring is 1. The molecule has 0 saturated carbocycles. The average Bonchev–Trinajstić information content (AvgIpc) is 3.45. The van der Waals surface area contributed by atoms with E-state index in [0.717, 1.165) is 0 Å². The van der Waals surface area contributed by atoms with Crippen LogP contribution in [0.15, 0.2) is 59.2 Å². The summed E-state index contributed by atoms with van der Waals surface area (Å²) >= 11 is 0. The number of phenols is 1. The number of nitrogens with one attached hydrogen (secondary N) is 1. The molecule has 1 amide bonds. The maximum atomic E-state index is 13.2. The van der Waals surface area contributed by atoms with Crippen LogP contribution in [0.3, 0.4) is 0 Å². The molecule has 2 aromatic carbocycles. The number of hydrogen-bond donors (Lipinski definition) is 3. The highest BCUT2D eigenvalue weighted by Crippen LogP contribution is 2.36. The molecule has 170 valence electrons. The highest BCUT2D eigenvalue weighted by molar-refractivity contribution is 6.11. The van der Waals surface area contributed by atoms with E-state index in [2.05, 4.69) is 5.32 Å². The van der Waals surface area contributed by atoms with Crippen molar-refractivity contribution in [3.8, 4) is 22.9 Å². The number of nitrogens with two attached hydrogens (primary N) is 1. The largest absolute Gasteiger partial charge is 0.508 e. The molecule has 10 nitrogen and oxygen atoms in total. The lowest BCUT2D eigenvalue weighted by molar-refractivity contribution is 0.0950. The molecule has 5 aromatic rings. The predicted octanol–water partition coefficient (Wildman–Crippen LogP) is 3.16. The third-order valence-electron chi connectivity index (χ3n) is 5.57. The van der Waals surface area contributed by atoms with Gasteiger partial charge in [-0.05, 0) is 24.3 Å². The van der Waals surface area contributed by atoms with Gasteiger partial charge in [0.1, 0.15) is 41.6 Å². The fourth-order valence-corrected chi connectivity index (χ4v) is 4.04. The minimum atomic E-state index is -0.427. The van der Waals surface area contributed by atoms with Gasteiger partial charge in [-0.15, -0.1) is 0 Å². The second-order valence-corrected chi connectivity index (χ2v) is 7.76. The molecule has 34 heavy (non-hydrogen) atoms. The Bertz CT molecular complexity index is 1560. The summed E-state index contributed by atoms with van der Waals surface area (Å²) in [6.45, 7) is 1.07. The van der Waals surface area contributed by atoms with Crippen molar-refractivity contribution >= 4 is 33.9 Å². The third kappa shape index (κ3) is 3.24. The van der Waals surface area contributed by atoms with Gasteiger partial charge >= 0.3 is 0 Å². The van der Waals surface area contributed by atoms with Crippen molar-refractivity contribution in [3.63, 3.8) is 0 Å². The number of furan rings is 1. The number of aromatic nitrogens is 3. The molecule has 3 aromatic heterocycles. The molecule has 0 radical (unpaired) electrons. The van der Waals surface area contributed by atoms with Crippen LogP contribution >= 0.6 is 0 Å². The van der Waals surface area contributed by atoms with Gasteiger partial charge in [0, 0.05) is 18.2 Å². The van der Waals surface area contributed by atoms with Crippen LogP contribution in [0, 0.1) is 0 Å². The van der Waals surface area contributed by atoms with E-state index >= 15 is 0 Å². The van der Waals surface area contributed by atoms with E-state index in [9.17, 15) is 9.90 Å². The number of fused-ring (bicyclic) bond motifs is 3. The number of amides is 1. The predicted molar refractivity (Wildman–Crippen MR) is 123 cm³/mol. The van der Waals surface area contributed by atoms with Crippen LogP contribution in [0.5, 0.6) is 17.2 Å². The molecule has 0 bridgehead atoms. The zero-order valence-electron chi connectivity index (χ0n) is 17.8. The normalized spacial score (nSPS) is 12.8. The summed E-state index contributed by atoms with van der Waals surface area (Å²) in [5.74, 6) is 1.51. The van der Waals surface area contributed by atoms with Crippen molar-refractivity contribution in [1.82, 2.24) is 19.9 Å². The number of ether oxygens (including phenoxy) is 2. The lowest BCUT2D eigenvalue weighted by Gasteiger charge is -2.18. The lowest BCUT2D eigenvalue weighted by atomic mass is 10.2. The summed E-state index contributed by atoms with van der Waals surface area (Å²) in [6.07, 6.45) is 1.54. The van der Waals surface area contributed by atoms with Crippen LogP contribution in [0.4, 0.5) is 5.82 Å². The van der Waals surface area contributed by atoms with Crippen molar-refractivity contribution in [2.45, 2.75) is 6.54 Å². The summed E-state index contributed by atoms with van der Waals surface area (Å²) in [7, 11) is 0. The Hall–Kier alpha value is -4.73. The Labute approximate surface area is 192 Å². The maximum Gasteiger partial charge on any atom is 0.257 e. The minimum Gasteiger partial charge on any atom is -0.508 e. The van der Waals surface area contributed by atoms with E-state index in [1.165, 1.54) is 12.3 Å². The van der Waals surface area contributed by atoms with Crippen molar-refractivity contribution in [1.29, 1.82) is 0 Å². The van der Waals surface area contributed by atoms with Crippen molar-refractivity contribution in [2.75, 3.05) is 18.9 Å². The van der Waals surface area contributed by atoms with E-state index in [4.69, 9.17) is 29.6 Å². The zero-order valence-corrected chi connectivity index (χ0v) is 17.8. The molecule has 4 N–H and O–H groups in total. The Kier molecular flexibility index (Phi) is 4.51. The molecule has 1 aliphatic heterocycles. The van der Waals surface area contributed by atoms with Crippen molar-refractivity contribution in [2.24, 2.45) is 0 Å². The molecule has 0 unspecified atom stereocenters. The third-order valence-corrected chi connectivity index (χ3v) is 5.57. The zero-order chi connectivity index (χ0) is 23.2. The van der Waals surface area contributed by atoms with Crippen LogP contribution in [0.2, 0.25) is 0 Å². The molecular weight excluding hydrogens is 438 g/mol. The number of aromatic hydroxyl groups is 1. The number of phenolic OH excluding ortho intramolecular Hbond substituents is 1. The first-order valence-electron chi connectivity index (χ1n) is 10.6. The number of carbonyl (C=O) groups excluding carboxylic acids is 1. The number of benzene rings is 2. The van der Waals surface area contributed by atoms with E-state index in [1.54, 1.807) is 47.0 Å². The highest BCUT2D eigenvalue weighted by atomic mass is 16.6. The van der Waals surface area contributed by atoms with E-state index < -0.39 is 5.91 Å². The first-order chi connectivity index (χ1) is 16.6. The number of nitrogens with zero attached hydrogens (tertiary/aromatic N) is 3. The van der Waals surface area contributed by atoms with Crippen LogP contribution in [0.25, 0.3) is 27.9 Å². The minimum absolute atomic E-state index is 0.0518. The Balaban J connectivity index is 1.56. The van der Waals surface area contributed by atoms with E-state index in [1.807, 2.05) is 0 Å². The summed E-state index contributed by atoms with van der Waals surface area (Å²) in [5, 5.41) is 12.9. The molecule has 0 saturated heterocycles. The molecule has 0 fully saturated rings.